The number of hydrogen-bond donors (Lipinski definition) is 0. The maximum absolute atomic E-state index is 13.2. The van der Waals surface area contributed by atoms with Crippen LogP contribution in [-0.2, 0) is 11.0 Å². The molecule has 0 aromatic carbocycles. The summed E-state index contributed by atoms with van der Waals surface area (Å²) in [4.78, 5) is 31.6. The zero-order valence-corrected chi connectivity index (χ0v) is 14.8. The third-order valence-electron chi connectivity index (χ3n) is 4.44. The minimum absolute atomic E-state index is 0.0428. The number of aromatic nitrogens is 3. The Balaban J connectivity index is 1.91. The van der Waals surface area contributed by atoms with Crippen LogP contribution in [0.15, 0.2) is 24.8 Å². The molecule has 3 rings (SSSR count). The van der Waals surface area contributed by atoms with Crippen molar-refractivity contribution in [3.05, 3.63) is 41.9 Å². The molecule has 0 spiro atoms. The minimum Gasteiger partial charge on any atom is -0.335 e. The van der Waals surface area contributed by atoms with Gasteiger partial charge in [0.05, 0.1) is 0 Å². The van der Waals surface area contributed by atoms with Crippen LogP contribution < -0.4 is 0 Å². The highest BCUT2D eigenvalue weighted by Crippen LogP contribution is 2.30. The summed E-state index contributed by atoms with van der Waals surface area (Å²) in [5.41, 5.74) is -0.968. The van der Waals surface area contributed by atoms with E-state index in [1.807, 2.05) is 0 Å². The molecule has 0 radical (unpaired) electrons. The highest BCUT2D eigenvalue weighted by Gasteiger charge is 2.36. The second-order valence-corrected chi connectivity index (χ2v) is 6.42. The first kappa shape index (κ1) is 18.9. The maximum atomic E-state index is 13.2. The van der Waals surface area contributed by atoms with E-state index in [2.05, 4.69) is 16.7 Å². The monoisotopic (exact) mass is 381 g/mol. The summed E-state index contributed by atoms with van der Waals surface area (Å²) in [7, 11) is 0. The lowest BCUT2D eigenvalue weighted by atomic mass is 10.1. The molecule has 3 heterocycles. The van der Waals surface area contributed by atoms with Gasteiger partial charge in [-0.1, -0.05) is 6.58 Å². The molecule has 1 aliphatic rings. The predicted octanol–water partition coefficient (Wildman–Crippen LogP) is 1.92. The van der Waals surface area contributed by atoms with E-state index in [0.717, 1.165) is 6.07 Å². The Hall–Kier alpha value is -2.91. The molecule has 144 valence electrons. The molecule has 2 aromatic rings. The van der Waals surface area contributed by atoms with Crippen LogP contribution in [-0.4, -0.2) is 61.9 Å². The van der Waals surface area contributed by atoms with Crippen LogP contribution >= 0.6 is 0 Å². The lowest BCUT2D eigenvalue weighted by molar-refractivity contribution is -0.142. The van der Waals surface area contributed by atoms with Crippen molar-refractivity contribution in [2.24, 2.45) is 0 Å². The molecule has 1 atom stereocenters. The summed E-state index contributed by atoms with van der Waals surface area (Å²) >= 11 is 0. The van der Waals surface area contributed by atoms with Crippen LogP contribution in [0.3, 0.4) is 0 Å². The van der Waals surface area contributed by atoms with Gasteiger partial charge in [0.15, 0.2) is 11.3 Å². The molecule has 1 saturated heterocycles. The number of hydrogen-bond acceptors (Lipinski definition) is 4. The number of nitrogens with zero attached hydrogens (tertiary/aromatic N) is 5. The summed E-state index contributed by atoms with van der Waals surface area (Å²) in [6.07, 6.45) is -3.42. The number of fused-ring (bicyclic) bond motifs is 1. The topological polar surface area (TPSA) is 70.8 Å². The van der Waals surface area contributed by atoms with Gasteiger partial charge in [0.1, 0.15) is 5.69 Å². The largest absolute Gasteiger partial charge is 0.433 e. The molecular formula is C17H18F3N5O2. The summed E-state index contributed by atoms with van der Waals surface area (Å²) in [5, 5.41) is 3.85. The fraction of sp³-hybridized carbons (Fsp3) is 0.412. The number of rotatable bonds is 2. The van der Waals surface area contributed by atoms with Gasteiger partial charge < -0.3 is 9.80 Å². The molecular weight excluding hydrogens is 363 g/mol. The SMILES string of the molecule is C=CC(=O)N1CCN(C(=O)c2cc3nc(C)cc(C(F)(F)F)n3n2)[C@@H](C)C1. The number of piperazine rings is 1. The molecule has 10 heteroatoms. The summed E-state index contributed by atoms with van der Waals surface area (Å²) in [6, 6.07) is 1.83. The van der Waals surface area contributed by atoms with Gasteiger partial charge >= 0.3 is 6.18 Å². The van der Waals surface area contributed by atoms with E-state index in [1.165, 1.54) is 24.0 Å². The van der Waals surface area contributed by atoms with Crippen molar-refractivity contribution in [2.45, 2.75) is 26.1 Å². The molecule has 0 N–H and O–H groups in total. The number of aryl methyl sites for hydroxylation is 1. The molecule has 0 saturated carbocycles. The molecule has 2 amide bonds. The van der Waals surface area contributed by atoms with Gasteiger partial charge in [0, 0.05) is 37.4 Å². The predicted molar refractivity (Wildman–Crippen MR) is 90.0 cm³/mol. The van der Waals surface area contributed by atoms with Crippen LogP contribution in [0.5, 0.6) is 0 Å². The molecule has 0 unspecified atom stereocenters. The molecule has 0 aliphatic carbocycles. The average molecular weight is 381 g/mol. The second-order valence-electron chi connectivity index (χ2n) is 6.42. The Labute approximate surface area is 153 Å². The quantitative estimate of drug-likeness (QED) is 0.746. The van der Waals surface area contributed by atoms with E-state index in [-0.39, 0.29) is 35.5 Å². The van der Waals surface area contributed by atoms with Crippen LogP contribution in [0.2, 0.25) is 0 Å². The van der Waals surface area contributed by atoms with Crippen LogP contribution in [0.4, 0.5) is 13.2 Å². The van der Waals surface area contributed by atoms with Gasteiger partial charge in [-0.05, 0) is 26.0 Å². The van der Waals surface area contributed by atoms with Gasteiger partial charge in [-0.3, -0.25) is 9.59 Å². The first-order chi connectivity index (χ1) is 12.6. The second kappa shape index (κ2) is 6.67. The van der Waals surface area contributed by atoms with E-state index in [4.69, 9.17) is 0 Å². The highest BCUT2D eigenvalue weighted by atomic mass is 19.4. The van der Waals surface area contributed by atoms with Gasteiger partial charge in [0.2, 0.25) is 5.91 Å². The van der Waals surface area contributed by atoms with Crippen molar-refractivity contribution >= 4 is 17.5 Å². The van der Waals surface area contributed by atoms with Gasteiger partial charge in [0.25, 0.3) is 5.91 Å². The van der Waals surface area contributed by atoms with E-state index in [1.54, 1.807) is 11.8 Å². The fourth-order valence-corrected chi connectivity index (χ4v) is 3.14. The van der Waals surface area contributed by atoms with Crippen LogP contribution in [0.1, 0.15) is 28.8 Å². The zero-order valence-electron chi connectivity index (χ0n) is 14.8. The molecule has 7 nitrogen and oxygen atoms in total. The standard InChI is InChI=1S/C17H18F3N5O2/c1-4-15(26)23-5-6-24(11(3)9-23)16(27)12-8-14-21-10(2)7-13(17(18,19)20)25(14)22-12/h4,7-8,11H,1,5-6,9H2,2-3H3/t11-/m0/s1. The number of alkyl halides is 3. The zero-order chi connectivity index (χ0) is 19.9. The summed E-state index contributed by atoms with van der Waals surface area (Å²) < 4.78 is 40.4. The maximum Gasteiger partial charge on any atom is 0.433 e. The number of carbonyl (C=O) groups is 2. The van der Waals surface area contributed by atoms with Crippen molar-refractivity contribution in [1.82, 2.24) is 24.4 Å². The lowest BCUT2D eigenvalue weighted by Crippen LogP contribution is -2.55. The van der Waals surface area contributed by atoms with Crippen molar-refractivity contribution in [2.75, 3.05) is 19.6 Å². The molecule has 1 fully saturated rings. The molecule has 2 aromatic heterocycles. The Morgan fingerprint density at radius 2 is 2.00 bits per heavy atom. The number of halogens is 3. The number of amides is 2. The Morgan fingerprint density at radius 3 is 2.59 bits per heavy atom. The van der Waals surface area contributed by atoms with Gasteiger partial charge in [-0.15, -0.1) is 0 Å². The third-order valence-corrected chi connectivity index (χ3v) is 4.44. The molecule has 27 heavy (non-hydrogen) atoms. The van der Waals surface area contributed by atoms with Crippen LogP contribution in [0, 0.1) is 6.92 Å². The number of carbonyl (C=O) groups excluding carboxylic acids is 2. The molecule has 1 aliphatic heterocycles. The Bertz CT molecular complexity index is 921. The normalized spacial score (nSPS) is 18.0. The van der Waals surface area contributed by atoms with Gasteiger partial charge in [-0.2, -0.15) is 18.3 Å². The van der Waals surface area contributed by atoms with Crippen molar-refractivity contribution in [3.8, 4) is 0 Å². The van der Waals surface area contributed by atoms with E-state index in [0.29, 0.717) is 17.6 Å². The minimum atomic E-state index is -4.62. The smallest absolute Gasteiger partial charge is 0.335 e. The van der Waals surface area contributed by atoms with Crippen molar-refractivity contribution in [3.63, 3.8) is 0 Å². The van der Waals surface area contributed by atoms with E-state index < -0.39 is 17.8 Å². The Morgan fingerprint density at radius 1 is 1.30 bits per heavy atom. The average Bonchev–Trinajstić information content (AvgIpc) is 3.02. The third kappa shape index (κ3) is 3.51. The van der Waals surface area contributed by atoms with Gasteiger partial charge in [-0.25, -0.2) is 9.50 Å². The summed E-state index contributed by atoms with van der Waals surface area (Å²) in [6.45, 7) is 7.54. The Kier molecular flexibility index (Phi) is 4.66. The first-order valence-corrected chi connectivity index (χ1v) is 8.28. The van der Waals surface area contributed by atoms with Crippen molar-refractivity contribution in [1.29, 1.82) is 0 Å². The van der Waals surface area contributed by atoms with Crippen molar-refractivity contribution < 1.29 is 22.8 Å². The van der Waals surface area contributed by atoms with E-state index in [9.17, 15) is 22.8 Å². The van der Waals surface area contributed by atoms with Crippen LogP contribution in [0.25, 0.3) is 5.65 Å². The fourth-order valence-electron chi connectivity index (χ4n) is 3.14. The highest BCUT2D eigenvalue weighted by molar-refractivity contribution is 5.94. The van der Waals surface area contributed by atoms with E-state index >= 15 is 0 Å². The lowest BCUT2D eigenvalue weighted by Gasteiger charge is -2.39. The first-order valence-electron chi connectivity index (χ1n) is 8.28. The summed E-state index contributed by atoms with van der Waals surface area (Å²) in [5.74, 6) is -0.722. The molecule has 0 bridgehead atoms.